The molecule has 2 rings (SSSR count). The van der Waals surface area contributed by atoms with Gasteiger partial charge in [0, 0.05) is 19.6 Å². The van der Waals surface area contributed by atoms with E-state index >= 15 is 0 Å². The molecule has 2 fully saturated rings. The van der Waals surface area contributed by atoms with Gasteiger partial charge in [-0.1, -0.05) is 13.8 Å². The number of hydrogen-bond acceptors (Lipinski definition) is 4. The van der Waals surface area contributed by atoms with Gasteiger partial charge in [-0.25, -0.2) is 0 Å². The number of nitrogens with one attached hydrogen (secondary N) is 2. The number of piperidine rings is 1. The summed E-state index contributed by atoms with van der Waals surface area (Å²) in [6.45, 7) is 8.48. The Labute approximate surface area is 116 Å². The number of amides is 1. The highest BCUT2D eigenvalue weighted by atomic mass is 16.5. The molecule has 0 aromatic rings. The van der Waals surface area contributed by atoms with Crippen LogP contribution in [0.25, 0.3) is 0 Å². The third-order valence-corrected chi connectivity index (χ3v) is 4.24. The molecule has 2 aliphatic heterocycles. The van der Waals surface area contributed by atoms with Gasteiger partial charge < -0.3 is 20.3 Å². The summed E-state index contributed by atoms with van der Waals surface area (Å²) in [5.74, 6) is 0.113. The molecule has 5 heteroatoms. The van der Waals surface area contributed by atoms with Crippen molar-refractivity contribution in [1.29, 1.82) is 0 Å². The molecule has 0 aromatic carbocycles. The topological polar surface area (TPSA) is 53.6 Å². The molecule has 0 aliphatic carbocycles. The molecule has 1 amide bonds. The standard InChI is InChI=1S/C14H27N3O2/c1-14(2)5-4-6-15-12(14)13(18)16-9-11-10-17(3)7-8-19-11/h11-12,15H,4-10H2,1-3H3,(H,16,18). The maximum absolute atomic E-state index is 12.3. The first-order valence-electron chi connectivity index (χ1n) is 7.30. The van der Waals surface area contributed by atoms with Crippen LogP contribution in [0.2, 0.25) is 0 Å². The van der Waals surface area contributed by atoms with E-state index in [1.165, 1.54) is 0 Å². The summed E-state index contributed by atoms with van der Waals surface area (Å²) in [5, 5.41) is 6.39. The summed E-state index contributed by atoms with van der Waals surface area (Å²) in [4.78, 5) is 14.5. The first kappa shape index (κ1) is 14.8. The summed E-state index contributed by atoms with van der Waals surface area (Å²) >= 11 is 0. The van der Waals surface area contributed by atoms with Gasteiger partial charge >= 0.3 is 0 Å². The highest BCUT2D eigenvalue weighted by Gasteiger charge is 2.37. The fourth-order valence-corrected chi connectivity index (χ4v) is 2.97. The summed E-state index contributed by atoms with van der Waals surface area (Å²) in [6.07, 6.45) is 2.36. The molecule has 2 aliphatic rings. The molecule has 19 heavy (non-hydrogen) atoms. The highest BCUT2D eigenvalue weighted by Crippen LogP contribution is 2.30. The smallest absolute Gasteiger partial charge is 0.237 e. The highest BCUT2D eigenvalue weighted by molar-refractivity contribution is 5.82. The van der Waals surface area contributed by atoms with Gasteiger partial charge in [0.05, 0.1) is 18.8 Å². The van der Waals surface area contributed by atoms with E-state index in [0.717, 1.165) is 39.1 Å². The van der Waals surface area contributed by atoms with Crippen molar-refractivity contribution in [2.75, 3.05) is 39.8 Å². The zero-order valence-electron chi connectivity index (χ0n) is 12.4. The van der Waals surface area contributed by atoms with Crippen molar-refractivity contribution in [2.24, 2.45) is 5.41 Å². The summed E-state index contributed by atoms with van der Waals surface area (Å²) in [7, 11) is 2.09. The molecule has 0 saturated carbocycles. The molecular formula is C14H27N3O2. The van der Waals surface area contributed by atoms with Crippen LogP contribution < -0.4 is 10.6 Å². The lowest BCUT2D eigenvalue weighted by Crippen LogP contribution is -2.57. The van der Waals surface area contributed by atoms with E-state index in [9.17, 15) is 4.79 Å². The summed E-state index contributed by atoms with van der Waals surface area (Å²) < 4.78 is 5.66. The van der Waals surface area contributed by atoms with Gasteiger partial charge in [0.25, 0.3) is 0 Å². The van der Waals surface area contributed by atoms with Crippen molar-refractivity contribution in [3.63, 3.8) is 0 Å². The first-order chi connectivity index (χ1) is 8.99. The van der Waals surface area contributed by atoms with Gasteiger partial charge in [-0.05, 0) is 31.8 Å². The van der Waals surface area contributed by atoms with Gasteiger partial charge in [-0.3, -0.25) is 4.79 Å². The Morgan fingerprint density at radius 3 is 3.00 bits per heavy atom. The van der Waals surface area contributed by atoms with Gasteiger partial charge in [0.1, 0.15) is 0 Å². The van der Waals surface area contributed by atoms with Gasteiger partial charge in [-0.15, -0.1) is 0 Å². The van der Waals surface area contributed by atoms with Crippen LogP contribution in [0.3, 0.4) is 0 Å². The molecule has 2 unspecified atom stereocenters. The number of nitrogens with zero attached hydrogens (tertiary/aromatic N) is 1. The molecule has 2 saturated heterocycles. The maximum Gasteiger partial charge on any atom is 0.237 e. The van der Waals surface area contributed by atoms with Crippen molar-refractivity contribution in [3.8, 4) is 0 Å². The van der Waals surface area contributed by atoms with Gasteiger partial charge in [0.15, 0.2) is 0 Å². The fraction of sp³-hybridized carbons (Fsp3) is 0.929. The second kappa shape index (κ2) is 6.20. The molecule has 0 aromatic heterocycles. The van der Waals surface area contributed by atoms with E-state index in [1.54, 1.807) is 0 Å². The van der Waals surface area contributed by atoms with Crippen LogP contribution in [0.15, 0.2) is 0 Å². The number of carbonyl (C=O) groups excluding carboxylic acids is 1. The van der Waals surface area contributed by atoms with Gasteiger partial charge in [0.2, 0.25) is 5.91 Å². The lowest BCUT2D eigenvalue weighted by molar-refractivity contribution is -0.127. The largest absolute Gasteiger partial charge is 0.374 e. The average molecular weight is 269 g/mol. The molecule has 0 radical (unpaired) electrons. The Kier molecular flexibility index (Phi) is 4.81. The number of carbonyl (C=O) groups is 1. The number of morpholine rings is 1. The number of likely N-dealkylation sites (N-methyl/N-ethyl adjacent to an activating group) is 1. The lowest BCUT2D eigenvalue weighted by atomic mass is 9.77. The Morgan fingerprint density at radius 1 is 1.53 bits per heavy atom. The van der Waals surface area contributed by atoms with Crippen LogP contribution in [-0.4, -0.2) is 62.8 Å². The quantitative estimate of drug-likeness (QED) is 0.769. The second-order valence-corrected chi connectivity index (χ2v) is 6.48. The number of hydrogen-bond donors (Lipinski definition) is 2. The zero-order chi connectivity index (χ0) is 13.9. The van der Waals surface area contributed by atoms with E-state index in [4.69, 9.17) is 4.74 Å². The van der Waals surface area contributed by atoms with E-state index in [2.05, 4.69) is 36.4 Å². The Balaban J connectivity index is 1.80. The molecule has 0 spiro atoms. The van der Waals surface area contributed by atoms with E-state index < -0.39 is 0 Å². The van der Waals surface area contributed by atoms with Crippen LogP contribution in [0, 0.1) is 5.41 Å². The normalized spacial score (nSPS) is 31.9. The Hall–Kier alpha value is -0.650. The molecule has 0 bridgehead atoms. The van der Waals surface area contributed by atoms with Crippen molar-refractivity contribution >= 4 is 5.91 Å². The lowest BCUT2D eigenvalue weighted by Gasteiger charge is -2.38. The third kappa shape index (κ3) is 3.91. The van der Waals surface area contributed by atoms with Crippen molar-refractivity contribution in [3.05, 3.63) is 0 Å². The monoisotopic (exact) mass is 269 g/mol. The van der Waals surface area contributed by atoms with E-state index in [-0.39, 0.29) is 23.5 Å². The molecule has 110 valence electrons. The summed E-state index contributed by atoms with van der Waals surface area (Å²) in [6, 6.07) is -0.0810. The summed E-state index contributed by atoms with van der Waals surface area (Å²) in [5.41, 5.74) is 0.0343. The Morgan fingerprint density at radius 2 is 2.32 bits per heavy atom. The maximum atomic E-state index is 12.3. The van der Waals surface area contributed by atoms with Crippen molar-refractivity contribution in [2.45, 2.75) is 38.8 Å². The van der Waals surface area contributed by atoms with Gasteiger partial charge in [-0.2, -0.15) is 0 Å². The number of ether oxygens (including phenoxy) is 1. The van der Waals surface area contributed by atoms with Crippen LogP contribution in [0.4, 0.5) is 0 Å². The molecule has 5 nitrogen and oxygen atoms in total. The zero-order valence-corrected chi connectivity index (χ0v) is 12.4. The first-order valence-corrected chi connectivity index (χ1v) is 7.30. The average Bonchev–Trinajstić information content (AvgIpc) is 2.35. The second-order valence-electron chi connectivity index (χ2n) is 6.48. The van der Waals surface area contributed by atoms with E-state index in [1.807, 2.05) is 0 Å². The fourth-order valence-electron chi connectivity index (χ4n) is 2.97. The third-order valence-electron chi connectivity index (χ3n) is 4.24. The van der Waals surface area contributed by atoms with Crippen molar-refractivity contribution < 1.29 is 9.53 Å². The van der Waals surface area contributed by atoms with Crippen molar-refractivity contribution in [1.82, 2.24) is 15.5 Å². The van der Waals surface area contributed by atoms with Crippen LogP contribution in [0.5, 0.6) is 0 Å². The van der Waals surface area contributed by atoms with E-state index in [0.29, 0.717) is 6.54 Å². The SMILES string of the molecule is CN1CCOC(CNC(=O)C2NCCCC2(C)C)C1. The predicted molar refractivity (Wildman–Crippen MR) is 75.1 cm³/mol. The molecule has 2 atom stereocenters. The predicted octanol–water partition coefficient (Wildman–Crippen LogP) is 0.211. The van der Waals surface area contributed by atoms with Crippen LogP contribution >= 0.6 is 0 Å². The molecular weight excluding hydrogens is 242 g/mol. The molecule has 2 heterocycles. The molecule has 2 N–H and O–H groups in total. The Bertz CT molecular complexity index is 320. The van der Waals surface area contributed by atoms with Crippen LogP contribution in [0.1, 0.15) is 26.7 Å². The number of rotatable bonds is 3. The minimum absolute atomic E-state index is 0.0343. The van der Waals surface area contributed by atoms with Crippen LogP contribution in [-0.2, 0) is 9.53 Å². The minimum atomic E-state index is -0.0810. The minimum Gasteiger partial charge on any atom is -0.374 e.